The lowest BCUT2D eigenvalue weighted by Gasteiger charge is -2.23. The van der Waals surface area contributed by atoms with Crippen LogP contribution in [0.2, 0.25) is 0 Å². The molecule has 0 aliphatic carbocycles. The van der Waals surface area contributed by atoms with E-state index in [-0.39, 0.29) is 18.8 Å². The summed E-state index contributed by atoms with van der Waals surface area (Å²) in [6, 6.07) is 4.48. The van der Waals surface area contributed by atoms with E-state index in [2.05, 4.69) is 10.1 Å². The van der Waals surface area contributed by atoms with E-state index in [9.17, 15) is 34.8 Å². The fraction of sp³-hybridized carbons (Fsp3) is 0.538. The van der Waals surface area contributed by atoms with Gasteiger partial charge in [0.25, 0.3) is 6.17 Å². The number of nitrogens with one attached hydrogen (secondary N) is 1. The third-order valence-electron chi connectivity index (χ3n) is 2.74. The van der Waals surface area contributed by atoms with Crippen molar-refractivity contribution in [3.8, 4) is 5.75 Å². The fourth-order valence-electron chi connectivity index (χ4n) is 1.57. The molecule has 1 atom stereocenters. The predicted octanol–water partition coefficient (Wildman–Crippen LogP) is 2.69. The maximum atomic E-state index is 13.1. The van der Waals surface area contributed by atoms with E-state index in [1.165, 1.54) is 12.1 Å². The monoisotopic (exact) mass is 379 g/mol. The number of rotatable bonds is 8. The Labute approximate surface area is 134 Å². The molecule has 1 N–H and O–H groups in total. The van der Waals surface area contributed by atoms with Crippen molar-refractivity contribution in [2.75, 3.05) is 18.6 Å². The average Bonchev–Trinajstić information content (AvgIpc) is 2.42. The quantitative estimate of drug-likeness (QED) is 0.558. The lowest BCUT2D eigenvalue weighted by Crippen LogP contribution is -2.45. The summed E-state index contributed by atoms with van der Waals surface area (Å²) in [7, 11) is -3.12. The minimum absolute atomic E-state index is 0.0876. The second kappa shape index (κ2) is 7.60. The highest BCUT2D eigenvalue weighted by Gasteiger charge is 2.59. The molecule has 1 aromatic carbocycles. The summed E-state index contributed by atoms with van der Waals surface area (Å²) in [6.45, 7) is 0.380. The molecule has 0 amide bonds. The first-order chi connectivity index (χ1) is 10.8. The Balaban J connectivity index is 2.58. The van der Waals surface area contributed by atoms with Crippen molar-refractivity contribution < 1.29 is 39.5 Å². The number of halogens is 6. The Bertz CT molecular complexity index is 630. The smallest absolute Gasteiger partial charge is 0.430 e. The Hall–Kier alpha value is -1.49. The minimum Gasteiger partial charge on any atom is -0.430 e. The lowest BCUT2D eigenvalue weighted by molar-refractivity contribution is -0.304. The van der Waals surface area contributed by atoms with Crippen molar-refractivity contribution in [1.29, 1.82) is 0 Å². The highest BCUT2D eigenvalue weighted by Crippen LogP contribution is 2.36. The molecule has 0 aliphatic rings. The summed E-state index contributed by atoms with van der Waals surface area (Å²) >= 11 is 0. The third kappa shape index (κ3) is 6.95. The van der Waals surface area contributed by atoms with Crippen LogP contribution in [-0.4, -0.2) is 45.4 Å². The largest absolute Gasteiger partial charge is 0.439 e. The molecule has 0 bridgehead atoms. The van der Waals surface area contributed by atoms with Crippen LogP contribution >= 0.6 is 0 Å². The van der Waals surface area contributed by atoms with E-state index in [4.69, 9.17) is 0 Å². The van der Waals surface area contributed by atoms with Crippen LogP contribution in [0.1, 0.15) is 5.56 Å². The SMILES string of the molecule is CS(=O)(=O)CCNCc1ccc(OC(F)(F)C(F)C(F)(F)F)cc1. The van der Waals surface area contributed by atoms with Gasteiger partial charge in [-0.3, -0.25) is 0 Å². The van der Waals surface area contributed by atoms with Gasteiger partial charge in [-0.2, -0.15) is 22.0 Å². The standard InChI is InChI=1S/C13H15F6NO3S/c1-24(21,22)7-6-20-8-9-2-4-10(5-3-9)23-13(18,19)11(14)12(15,16)17/h2-5,11,20H,6-8H2,1H3. The van der Waals surface area contributed by atoms with Crippen molar-refractivity contribution in [3.63, 3.8) is 0 Å². The molecule has 1 aromatic rings. The average molecular weight is 379 g/mol. The van der Waals surface area contributed by atoms with Crippen LogP contribution in [0.5, 0.6) is 5.75 Å². The maximum absolute atomic E-state index is 13.1. The van der Waals surface area contributed by atoms with Gasteiger partial charge in [-0.1, -0.05) is 12.1 Å². The highest BCUT2D eigenvalue weighted by atomic mass is 32.2. The van der Waals surface area contributed by atoms with Crippen LogP contribution in [0.15, 0.2) is 24.3 Å². The highest BCUT2D eigenvalue weighted by molar-refractivity contribution is 7.90. The molecule has 24 heavy (non-hydrogen) atoms. The molecule has 0 saturated heterocycles. The molecular weight excluding hydrogens is 364 g/mol. The first-order valence-corrected chi connectivity index (χ1v) is 8.62. The Morgan fingerprint density at radius 3 is 2.12 bits per heavy atom. The van der Waals surface area contributed by atoms with Crippen LogP contribution in [0, 0.1) is 0 Å². The fourth-order valence-corrected chi connectivity index (χ4v) is 2.08. The number of ether oxygens (including phenoxy) is 1. The van der Waals surface area contributed by atoms with Gasteiger partial charge < -0.3 is 10.1 Å². The van der Waals surface area contributed by atoms with Crippen LogP contribution < -0.4 is 10.1 Å². The number of hydrogen-bond donors (Lipinski definition) is 1. The molecule has 0 aliphatic heterocycles. The van der Waals surface area contributed by atoms with E-state index in [1.54, 1.807) is 0 Å². The van der Waals surface area contributed by atoms with Gasteiger partial charge in [0.2, 0.25) is 0 Å². The van der Waals surface area contributed by atoms with Gasteiger partial charge in [0.1, 0.15) is 15.6 Å². The Kier molecular flexibility index (Phi) is 6.51. The van der Waals surface area contributed by atoms with E-state index < -0.39 is 34.0 Å². The molecule has 0 aromatic heterocycles. The van der Waals surface area contributed by atoms with Crippen molar-refractivity contribution in [2.45, 2.75) is 25.0 Å². The molecule has 1 rings (SSSR count). The van der Waals surface area contributed by atoms with Gasteiger partial charge in [-0.05, 0) is 17.7 Å². The maximum Gasteiger partial charge on any atom is 0.439 e. The van der Waals surface area contributed by atoms with Crippen LogP contribution in [0.3, 0.4) is 0 Å². The zero-order valence-electron chi connectivity index (χ0n) is 12.4. The second-order valence-corrected chi connectivity index (χ2v) is 7.28. The van der Waals surface area contributed by atoms with Crippen molar-refractivity contribution >= 4 is 9.84 Å². The van der Waals surface area contributed by atoms with Gasteiger partial charge in [0.15, 0.2) is 0 Å². The van der Waals surface area contributed by atoms with Gasteiger partial charge >= 0.3 is 12.3 Å². The summed E-state index contributed by atoms with van der Waals surface area (Å²) in [5.41, 5.74) is 0.548. The molecule has 0 heterocycles. The van der Waals surface area contributed by atoms with Gasteiger partial charge in [0, 0.05) is 19.3 Å². The number of hydrogen-bond acceptors (Lipinski definition) is 4. The Morgan fingerprint density at radius 1 is 1.12 bits per heavy atom. The zero-order chi connectivity index (χ0) is 18.6. The molecule has 11 heteroatoms. The van der Waals surface area contributed by atoms with Gasteiger partial charge in [0.05, 0.1) is 5.75 Å². The first-order valence-electron chi connectivity index (χ1n) is 6.56. The normalized spacial score (nSPS) is 14.5. The molecule has 1 unspecified atom stereocenters. The minimum atomic E-state index is -5.74. The molecule has 138 valence electrons. The molecule has 0 spiro atoms. The summed E-state index contributed by atoms with van der Waals surface area (Å²) in [5.74, 6) is -0.720. The first kappa shape index (κ1) is 20.6. The van der Waals surface area contributed by atoms with E-state index in [0.717, 1.165) is 18.4 Å². The van der Waals surface area contributed by atoms with Crippen molar-refractivity contribution in [1.82, 2.24) is 5.32 Å². The topological polar surface area (TPSA) is 55.4 Å². The van der Waals surface area contributed by atoms with Gasteiger partial charge in [-0.25, -0.2) is 12.8 Å². The van der Waals surface area contributed by atoms with Crippen molar-refractivity contribution in [2.24, 2.45) is 0 Å². The molecular formula is C13H15F6NO3S. The lowest BCUT2D eigenvalue weighted by atomic mass is 10.2. The molecule has 0 fully saturated rings. The zero-order valence-corrected chi connectivity index (χ0v) is 13.2. The van der Waals surface area contributed by atoms with Gasteiger partial charge in [-0.15, -0.1) is 0 Å². The molecule has 0 saturated carbocycles. The molecule has 0 radical (unpaired) electrons. The summed E-state index contributed by atoms with van der Waals surface area (Å²) < 4.78 is 100. The molecule has 4 nitrogen and oxygen atoms in total. The van der Waals surface area contributed by atoms with Crippen LogP contribution in [-0.2, 0) is 16.4 Å². The summed E-state index contributed by atoms with van der Waals surface area (Å²) in [6.07, 6.45) is -14.2. The van der Waals surface area contributed by atoms with E-state index in [1.807, 2.05) is 0 Å². The second-order valence-electron chi connectivity index (χ2n) is 5.02. The third-order valence-corrected chi connectivity index (χ3v) is 3.68. The summed E-state index contributed by atoms with van der Waals surface area (Å²) in [4.78, 5) is 0. The number of sulfone groups is 1. The van der Waals surface area contributed by atoms with Crippen LogP contribution in [0.4, 0.5) is 26.3 Å². The van der Waals surface area contributed by atoms with Crippen LogP contribution in [0.25, 0.3) is 0 Å². The predicted molar refractivity (Wildman–Crippen MR) is 74.4 cm³/mol. The van der Waals surface area contributed by atoms with E-state index >= 15 is 0 Å². The summed E-state index contributed by atoms with van der Waals surface area (Å²) in [5, 5.41) is 2.79. The van der Waals surface area contributed by atoms with Crippen molar-refractivity contribution in [3.05, 3.63) is 29.8 Å². The Morgan fingerprint density at radius 2 is 1.67 bits per heavy atom. The number of benzene rings is 1. The number of alkyl halides is 6. The van der Waals surface area contributed by atoms with E-state index in [0.29, 0.717) is 5.56 Å².